The number of nitrogen functional groups attached to an aromatic ring is 1. The van der Waals surface area contributed by atoms with Gasteiger partial charge in [-0.15, -0.1) is 0 Å². The minimum atomic E-state index is 0.172. The van der Waals surface area contributed by atoms with Crippen LogP contribution < -0.4 is 10.6 Å². The largest absolute Gasteiger partial charge is 0.397 e. The highest BCUT2D eigenvalue weighted by molar-refractivity contribution is 5.54. The Morgan fingerprint density at radius 2 is 2.12 bits per heavy atom. The smallest absolute Gasteiger partial charge is 0.0606 e. The third kappa shape index (κ3) is 2.44. The molecule has 1 aromatic heterocycles. The molecule has 0 atom stereocenters. The number of hydrogen-bond acceptors (Lipinski definition) is 4. The Bertz CT molecular complexity index is 337. The van der Waals surface area contributed by atoms with E-state index in [1.165, 1.54) is 25.7 Å². The minimum absolute atomic E-state index is 0.172. The maximum absolute atomic E-state index is 9.13. The molecule has 3 N–H and O–H groups in total. The quantitative estimate of drug-likeness (QED) is 0.807. The fourth-order valence-electron chi connectivity index (χ4n) is 2.45. The molecule has 1 saturated carbocycles. The highest BCUT2D eigenvalue weighted by atomic mass is 16.3. The second kappa shape index (κ2) is 5.16. The van der Waals surface area contributed by atoms with Crippen molar-refractivity contribution < 1.29 is 5.11 Å². The summed E-state index contributed by atoms with van der Waals surface area (Å²) in [7, 11) is 0. The lowest BCUT2D eigenvalue weighted by atomic mass is 10.2. The number of aliphatic hydroxyl groups is 1. The second-order valence-electron chi connectivity index (χ2n) is 4.33. The normalized spacial score (nSPS) is 16.6. The predicted molar refractivity (Wildman–Crippen MR) is 65.3 cm³/mol. The number of aliphatic hydroxyl groups excluding tert-OH is 1. The fraction of sp³-hybridized carbons (Fsp3) is 0.583. The summed E-state index contributed by atoms with van der Waals surface area (Å²) in [6.45, 7) is 0.834. The lowest BCUT2D eigenvalue weighted by Gasteiger charge is -2.30. The van der Waals surface area contributed by atoms with Crippen molar-refractivity contribution in [3.8, 4) is 0 Å². The number of aromatic nitrogens is 1. The summed E-state index contributed by atoms with van der Waals surface area (Å²) in [4.78, 5) is 6.34. The van der Waals surface area contributed by atoms with Crippen molar-refractivity contribution in [1.82, 2.24) is 4.98 Å². The van der Waals surface area contributed by atoms with E-state index < -0.39 is 0 Å². The van der Waals surface area contributed by atoms with Gasteiger partial charge in [-0.1, -0.05) is 12.8 Å². The van der Waals surface area contributed by atoms with Crippen LogP contribution in [-0.4, -0.2) is 29.3 Å². The third-order valence-corrected chi connectivity index (χ3v) is 3.18. The second-order valence-corrected chi connectivity index (χ2v) is 4.33. The number of nitrogens with zero attached hydrogens (tertiary/aromatic N) is 2. The van der Waals surface area contributed by atoms with E-state index in [4.69, 9.17) is 10.8 Å². The van der Waals surface area contributed by atoms with E-state index in [-0.39, 0.29) is 6.61 Å². The first-order valence-corrected chi connectivity index (χ1v) is 5.89. The number of hydrogen-bond donors (Lipinski definition) is 2. The first-order chi connectivity index (χ1) is 7.81. The number of nitrogens with two attached hydrogens (primary N) is 1. The van der Waals surface area contributed by atoms with E-state index in [1.54, 1.807) is 6.20 Å². The van der Waals surface area contributed by atoms with Gasteiger partial charge in [-0.3, -0.25) is 4.98 Å². The van der Waals surface area contributed by atoms with Gasteiger partial charge in [0.05, 0.1) is 24.2 Å². The Hall–Kier alpha value is -1.29. The van der Waals surface area contributed by atoms with E-state index in [0.717, 1.165) is 5.69 Å². The molecule has 1 heterocycles. The lowest BCUT2D eigenvalue weighted by molar-refractivity contribution is 0.297. The molecule has 0 aliphatic heterocycles. The van der Waals surface area contributed by atoms with Gasteiger partial charge in [-0.05, 0) is 18.9 Å². The highest BCUT2D eigenvalue weighted by Crippen LogP contribution is 2.28. The van der Waals surface area contributed by atoms with Gasteiger partial charge in [0.25, 0.3) is 0 Å². The van der Waals surface area contributed by atoms with E-state index in [1.807, 2.05) is 12.3 Å². The maximum atomic E-state index is 9.13. The van der Waals surface area contributed by atoms with E-state index in [9.17, 15) is 0 Å². The molecule has 1 aliphatic carbocycles. The van der Waals surface area contributed by atoms with Gasteiger partial charge in [-0.25, -0.2) is 0 Å². The first-order valence-electron chi connectivity index (χ1n) is 5.89. The number of anilines is 2. The zero-order valence-electron chi connectivity index (χ0n) is 9.47. The summed E-state index contributed by atoms with van der Waals surface area (Å²) in [5.74, 6) is 0. The molecule has 4 heteroatoms. The molecule has 1 aromatic rings. The lowest BCUT2D eigenvalue weighted by Crippen LogP contribution is -2.35. The summed E-state index contributed by atoms with van der Waals surface area (Å²) in [6.07, 6.45) is 8.44. The molecule has 0 aromatic carbocycles. The standard InChI is InChI=1S/C12H19N3O/c13-10-7-12(9-14-8-10)15(5-6-16)11-3-1-2-4-11/h7-9,11,16H,1-6,13H2. The van der Waals surface area contributed by atoms with Crippen LogP contribution in [0.2, 0.25) is 0 Å². The van der Waals surface area contributed by atoms with Gasteiger partial charge in [-0.2, -0.15) is 0 Å². The highest BCUT2D eigenvalue weighted by Gasteiger charge is 2.22. The van der Waals surface area contributed by atoms with Crippen LogP contribution in [0.25, 0.3) is 0 Å². The van der Waals surface area contributed by atoms with Crippen molar-refractivity contribution in [2.45, 2.75) is 31.7 Å². The molecule has 0 bridgehead atoms. The van der Waals surface area contributed by atoms with Crippen molar-refractivity contribution in [2.75, 3.05) is 23.8 Å². The molecule has 88 valence electrons. The average molecular weight is 221 g/mol. The summed E-state index contributed by atoms with van der Waals surface area (Å²) >= 11 is 0. The molecule has 0 radical (unpaired) electrons. The van der Waals surface area contributed by atoms with Crippen molar-refractivity contribution in [3.63, 3.8) is 0 Å². The molecule has 1 fully saturated rings. The van der Waals surface area contributed by atoms with Crippen LogP contribution in [0, 0.1) is 0 Å². The molecule has 0 saturated heterocycles. The van der Waals surface area contributed by atoms with Crippen molar-refractivity contribution in [1.29, 1.82) is 0 Å². The summed E-state index contributed by atoms with van der Waals surface area (Å²) < 4.78 is 0. The average Bonchev–Trinajstić information content (AvgIpc) is 2.79. The van der Waals surface area contributed by atoms with Gasteiger partial charge in [0, 0.05) is 18.8 Å². The fourth-order valence-corrected chi connectivity index (χ4v) is 2.45. The Balaban J connectivity index is 2.17. The molecule has 0 unspecified atom stereocenters. The molecule has 4 nitrogen and oxygen atoms in total. The van der Waals surface area contributed by atoms with E-state index in [0.29, 0.717) is 18.3 Å². The number of pyridine rings is 1. The van der Waals surface area contributed by atoms with Crippen LogP contribution >= 0.6 is 0 Å². The predicted octanol–water partition coefficient (Wildman–Crippen LogP) is 1.41. The zero-order chi connectivity index (χ0) is 11.4. The van der Waals surface area contributed by atoms with Crippen LogP contribution in [0.3, 0.4) is 0 Å². The molecule has 2 rings (SSSR count). The SMILES string of the molecule is Nc1cncc(N(CCO)C2CCCC2)c1. The van der Waals surface area contributed by atoms with E-state index >= 15 is 0 Å². The third-order valence-electron chi connectivity index (χ3n) is 3.18. The topological polar surface area (TPSA) is 62.4 Å². The van der Waals surface area contributed by atoms with Gasteiger partial charge in [0.2, 0.25) is 0 Å². The maximum Gasteiger partial charge on any atom is 0.0606 e. The Labute approximate surface area is 96.1 Å². The Morgan fingerprint density at radius 1 is 1.38 bits per heavy atom. The summed E-state index contributed by atoms with van der Waals surface area (Å²) in [6, 6.07) is 2.47. The number of rotatable bonds is 4. The summed E-state index contributed by atoms with van der Waals surface area (Å²) in [5.41, 5.74) is 7.45. The summed E-state index contributed by atoms with van der Waals surface area (Å²) in [5, 5.41) is 9.13. The van der Waals surface area contributed by atoms with Crippen molar-refractivity contribution >= 4 is 11.4 Å². The van der Waals surface area contributed by atoms with Gasteiger partial charge in [0.15, 0.2) is 0 Å². The van der Waals surface area contributed by atoms with Crippen LogP contribution in [-0.2, 0) is 0 Å². The van der Waals surface area contributed by atoms with Crippen LogP contribution in [0.15, 0.2) is 18.5 Å². The van der Waals surface area contributed by atoms with Gasteiger partial charge in [0.1, 0.15) is 0 Å². The first kappa shape index (κ1) is 11.2. The molecule has 16 heavy (non-hydrogen) atoms. The van der Waals surface area contributed by atoms with Crippen LogP contribution in [0.4, 0.5) is 11.4 Å². The Kier molecular flexibility index (Phi) is 3.62. The van der Waals surface area contributed by atoms with Crippen molar-refractivity contribution in [3.05, 3.63) is 18.5 Å². The molecule has 0 amide bonds. The molecular weight excluding hydrogens is 202 g/mol. The van der Waals surface area contributed by atoms with Gasteiger partial charge < -0.3 is 15.7 Å². The molecule has 1 aliphatic rings. The monoisotopic (exact) mass is 221 g/mol. The molecular formula is C12H19N3O. The zero-order valence-corrected chi connectivity index (χ0v) is 9.47. The molecule has 0 spiro atoms. The van der Waals surface area contributed by atoms with Crippen LogP contribution in [0.1, 0.15) is 25.7 Å². The van der Waals surface area contributed by atoms with Crippen molar-refractivity contribution in [2.24, 2.45) is 0 Å². The van der Waals surface area contributed by atoms with E-state index in [2.05, 4.69) is 9.88 Å². The van der Waals surface area contributed by atoms with Crippen LogP contribution in [0.5, 0.6) is 0 Å². The van der Waals surface area contributed by atoms with Gasteiger partial charge >= 0.3 is 0 Å². The Morgan fingerprint density at radius 3 is 2.75 bits per heavy atom. The minimum Gasteiger partial charge on any atom is -0.397 e.